The first-order valence-electron chi connectivity index (χ1n) is 8.59. The van der Waals surface area contributed by atoms with Crippen molar-refractivity contribution < 1.29 is 8.42 Å². The number of nitrogens with one attached hydrogen (secondary N) is 1. The van der Waals surface area contributed by atoms with Crippen LogP contribution in [0.4, 0.5) is 5.82 Å². The Balaban J connectivity index is 1.84. The third-order valence-electron chi connectivity index (χ3n) is 4.17. The Kier molecular flexibility index (Phi) is 5.49. The molecule has 0 amide bonds. The fourth-order valence-corrected chi connectivity index (χ4v) is 4.22. The molecule has 0 saturated heterocycles. The Morgan fingerprint density at radius 2 is 1.73 bits per heavy atom. The highest BCUT2D eigenvalue weighted by atomic mass is 32.2. The SMILES string of the molecule is CCN(CC)S(=O)(=O)c1ccc2nc(NCc3ccccc3)cnc2c1. The molecule has 1 N–H and O–H groups in total. The Morgan fingerprint density at radius 3 is 2.42 bits per heavy atom. The fraction of sp³-hybridized carbons (Fsp3) is 0.263. The van der Waals surface area contributed by atoms with Crippen molar-refractivity contribution in [2.45, 2.75) is 25.3 Å². The molecule has 0 aliphatic rings. The molecule has 6 nitrogen and oxygen atoms in total. The molecule has 0 saturated carbocycles. The van der Waals surface area contributed by atoms with Gasteiger partial charge in [-0.25, -0.2) is 13.4 Å². The molecular weight excluding hydrogens is 348 g/mol. The zero-order valence-electron chi connectivity index (χ0n) is 14.9. The molecule has 0 atom stereocenters. The van der Waals surface area contributed by atoms with E-state index in [1.165, 1.54) is 4.31 Å². The van der Waals surface area contributed by atoms with Gasteiger partial charge in [-0.05, 0) is 23.8 Å². The third kappa shape index (κ3) is 3.84. The molecule has 7 heteroatoms. The van der Waals surface area contributed by atoms with Crippen LogP contribution in [0.3, 0.4) is 0 Å². The lowest BCUT2D eigenvalue weighted by Crippen LogP contribution is -2.30. The number of hydrogen-bond acceptors (Lipinski definition) is 5. The van der Waals surface area contributed by atoms with E-state index in [-0.39, 0.29) is 4.90 Å². The summed E-state index contributed by atoms with van der Waals surface area (Å²) in [5.41, 5.74) is 2.36. The van der Waals surface area contributed by atoms with Crippen molar-refractivity contribution in [2.24, 2.45) is 0 Å². The molecule has 0 fully saturated rings. The Hall–Kier alpha value is -2.51. The predicted octanol–water partition coefficient (Wildman–Crippen LogP) is 3.27. The average molecular weight is 370 g/mol. The second-order valence-corrected chi connectivity index (χ2v) is 7.77. The van der Waals surface area contributed by atoms with Crippen LogP contribution in [0.2, 0.25) is 0 Å². The summed E-state index contributed by atoms with van der Waals surface area (Å²) >= 11 is 0. The van der Waals surface area contributed by atoms with Crippen molar-refractivity contribution in [1.29, 1.82) is 0 Å². The van der Waals surface area contributed by atoms with Crippen LogP contribution in [0.1, 0.15) is 19.4 Å². The number of aromatic nitrogens is 2. The lowest BCUT2D eigenvalue weighted by molar-refractivity contribution is 0.445. The Bertz CT molecular complexity index is 987. The molecule has 1 heterocycles. The van der Waals surface area contributed by atoms with E-state index in [1.807, 2.05) is 44.2 Å². The van der Waals surface area contributed by atoms with E-state index in [9.17, 15) is 8.42 Å². The number of nitrogens with zero attached hydrogens (tertiary/aromatic N) is 3. The average Bonchev–Trinajstić information content (AvgIpc) is 2.67. The predicted molar refractivity (Wildman–Crippen MR) is 103 cm³/mol. The summed E-state index contributed by atoms with van der Waals surface area (Å²) in [6.45, 7) is 5.17. The van der Waals surface area contributed by atoms with Gasteiger partial charge in [0.15, 0.2) is 0 Å². The number of sulfonamides is 1. The highest BCUT2D eigenvalue weighted by Gasteiger charge is 2.22. The van der Waals surface area contributed by atoms with Crippen molar-refractivity contribution in [1.82, 2.24) is 14.3 Å². The monoisotopic (exact) mass is 370 g/mol. The van der Waals surface area contributed by atoms with E-state index in [2.05, 4.69) is 15.3 Å². The molecule has 0 aliphatic heterocycles. The minimum atomic E-state index is -3.50. The fourth-order valence-electron chi connectivity index (χ4n) is 2.74. The maximum atomic E-state index is 12.6. The van der Waals surface area contributed by atoms with Crippen molar-refractivity contribution >= 4 is 26.9 Å². The summed E-state index contributed by atoms with van der Waals surface area (Å²) in [6, 6.07) is 14.9. The number of rotatable bonds is 7. The minimum Gasteiger partial charge on any atom is -0.365 e. The first-order chi connectivity index (χ1) is 12.5. The quantitative estimate of drug-likeness (QED) is 0.691. The molecule has 26 heavy (non-hydrogen) atoms. The second-order valence-electron chi connectivity index (χ2n) is 5.83. The van der Waals surface area contributed by atoms with Gasteiger partial charge in [-0.1, -0.05) is 44.2 Å². The number of anilines is 1. The molecule has 2 aromatic carbocycles. The van der Waals surface area contributed by atoms with Crippen LogP contribution in [-0.2, 0) is 16.6 Å². The van der Waals surface area contributed by atoms with Gasteiger partial charge >= 0.3 is 0 Å². The molecule has 1 aromatic heterocycles. The largest absolute Gasteiger partial charge is 0.365 e. The van der Waals surface area contributed by atoms with Crippen molar-refractivity contribution in [2.75, 3.05) is 18.4 Å². The first kappa shape index (κ1) is 18.3. The minimum absolute atomic E-state index is 0.244. The Morgan fingerprint density at radius 1 is 1.00 bits per heavy atom. The summed E-state index contributed by atoms with van der Waals surface area (Å²) in [6.07, 6.45) is 1.62. The van der Waals surface area contributed by atoms with E-state index < -0.39 is 10.0 Å². The molecule has 3 aromatic rings. The van der Waals surface area contributed by atoms with Gasteiger partial charge in [0.2, 0.25) is 10.0 Å². The summed E-state index contributed by atoms with van der Waals surface area (Å²) in [7, 11) is -3.50. The zero-order valence-corrected chi connectivity index (χ0v) is 15.7. The van der Waals surface area contributed by atoms with Gasteiger partial charge in [0.25, 0.3) is 0 Å². The van der Waals surface area contributed by atoms with E-state index in [4.69, 9.17) is 0 Å². The summed E-state index contributed by atoms with van der Waals surface area (Å²) in [5, 5.41) is 3.23. The van der Waals surface area contributed by atoms with E-state index in [0.29, 0.717) is 36.5 Å². The molecule has 0 aliphatic carbocycles. The summed E-state index contributed by atoms with van der Waals surface area (Å²) in [5.74, 6) is 0.653. The van der Waals surface area contributed by atoms with Gasteiger partial charge in [-0.3, -0.25) is 4.98 Å². The molecule has 0 spiro atoms. The van der Waals surface area contributed by atoms with E-state index >= 15 is 0 Å². The van der Waals surface area contributed by atoms with Crippen molar-refractivity contribution in [3.05, 3.63) is 60.3 Å². The van der Waals surface area contributed by atoms with Gasteiger partial charge in [0.1, 0.15) is 5.82 Å². The first-order valence-corrected chi connectivity index (χ1v) is 10.0. The Labute approximate surface area is 154 Å². The van der Waals surface area contributed by atoms with Crippen LogP contribution in [0.15, 0.2) is 59.6 Å². The maximum absolute atomic E-state index is 12.6. The van der Waals surface area contributed by atoms with Crippen molar-refractivity contribution in [3.63, 3.8) is 0 Å². The summed E-state index contributed by atoms with van der Waals surface area (Å²) in [4.78, 5) is 9.13. The normalized spacial score (nSPS) is 11.8. The maximum Gasteiger partial charge on any atom is 0.243 e. The van der Waals surface area contributed by atoms with Gasteiger partial charge in [0, 0.05) is 19.6 Å². The standard InChI is InChI=1S/C19H22N4O2S/c1-3-23(4-2)26(24,25)16-10-11-17-18(12-16)20-14-19(22-17)21-13-15-8-6-5-7-9-15/h5-12,14H,3-4,13H2,1-2H3,(H,21,22). The number of fused-ring (bicyclic) bond motifs is 1. The van der Waals surface area contributed by atoms with Crippen LogP contribution < -0.4 is 5.32 Å². The van der Waals surface area contributed by atoms with Crippen LogP contribution in [0, 0.1) is 0 Å². The topological polar surface area (TPSA) is 75.2 Å². The van der Waals surface area contributed by atoms with E-state index in [1.54, 1.807) is 24.4 Å². The van der Waals surface area contributed by atoms with E-state index in [0.717, 1.165) is 5.56 Å². The van der Waals surface area contributed by atoms with Crippen LogP contribution in [0.25, 0.3) is 11.0 Å². The molecule has 0 unspecified atom stereocenters. The summed E-state index contributed by atoms with van der Waals surface area (Å²) < 4.78 is 26.7. The number of benzene rings is 2. The molecular formula is C19H22N4O2S. The molecule has 0 radical (unpaired) electrons. The van der Waals surface area contributed by atoms with Crippen molar-refractivity contribution in [3.8, 4) is 0 Å². The third-order valence-corrected chi connectivity index (χ3v) is 6.22. The highest BCUT2D eigenvalue weighted by molar-refractivity contribution is 7.89. The lowest BCUT2D eigenvalue weighted by atomic mass is 10.2. The second kappa shape index (κ2) is 7.80. The molecule has 3 rings (SSSR count). The smallest absolute Gasteiger partial charge is 0.243 e. The molecule has 136 valence electrons. The lowest BCUT2D eigenvalue weighted by Gasteiger charge is -2.18. The van der Waals surface area contributed by atoms with Crippen LogP contribution in [-0.4, -0.2) is 35.8 Å². The van der Waals surface area contributed by atoms with Crippen LogP contribution in [0.5, 0.6) is 0 Å². The zero-order chi connectivity index (χ0) is 18.6. The molecule has 0 bridgehead atoms. The van der Waals surface area contributed by atoms with Crippen LogP contribution >= 0.6 is 0 Å². The van der Waals surface area contributed by atoms with Gasteiger partial charge in [-0.2, -0.15) is 4.31 Å². The van der Waals surface area contributed by atoms with Gasteiger partial charge in [0.05, 0.1) is 22.1 Å². The van der Waals surface area contributed by atoms with Gasteiger partial charge < -0.3 is 5.32 Å². The number of hydrogen-bond donors (Lipinski definition) is 1. The van der Waals surface area contributed by atoms with Gasteiger partial charge in [-0.15, -0.1) is 0 Å². The highest BCUT2D eigenvalue weighted by Crippen LogP contribution is 2.21.